The van der Waals surface area contributed by atoms with Crippen molar-refractivity contribution in [2.45, 2.75) is 43.9 Å². The number of fused-ring (bicyclic) bond motifs is 2. The molecule has 2 bridgehead atoms. The number of nitrogens with two attached hydrogens (primary N) is 1. The van der Waals surface area contributed by atoms with Crippen molar-refractivity contribution in [2.24, 2.45) is 11.7 Å². The Bertz CT molecular complexity index is 762. The number of hydrogen-bond donors (Lipinski definition) is 3. The molecule has 1 unspecified atom stereocenters. The van der Waals surface area contributed by atoms with Crippen LogP contribution < -0.4 is 16.4 Å². The van der Waals surface area contributed by atoms with E-state index < -0.39 is 6.17 Å². The van der Waals surface area contributed by atoms with E-state index in [2.05, 4.69) is 10.6 Å². The quantitative estimate of drug-likeness (QED) is 0.727. The van der Waals surface area contributed by atoms with Crippen LogP contribution in [0.25, 0.3) is 11.1 Å². The van der Waals surface area contributed by atoms with Crippen LogP contribution >= 0.6 is 0 Å². The van der Waals surface area contributed by atoms with Gasteiger partial charge >= 0.3 is 0 Å². The van der Waals surface area contributed by atoms with Crippen molar-refractivity contribution in [1.82, 2.24) is 10.6 Å². The van der Waals surface area contributed by atoms with Gasteiger partial charge in [-0.3, -0.25) is 4.79 Å². The van der Waals surface area contributed by atoms with Crippen LogP contribution in [0.2, 0.25) is 0 Å². The molecule has 132 valence electrons. The van der Waals surface area contributed by atoms with Gasteiger partial charge < -0.3 is 20.8 Å². The van der Waals surface area contributed by atoms with Crippen LogP contribution in [-0.2, 0) is 11.2 Å². The van der Waals surface area contributed by atoms with E-state index in [9.17, 15) is 9.18 Å². The number of carbonyl (C=O) groups is 1. The molecule has 2 aliphatic rings. The molecule has 4 N–H and O–H groups in total. The van der Waals surface area contributed by atoms with Crippen LogP contribution in [0.15, 0.2) is 41.2 Å². The Morgan fingerprint density at radius 1 is 1.36 bits per heavy atom. The monoisotopic (exact) mass is 343 g/mol. The summed E-state index contributed by atoms with van der Waals surface area (Å²) >= 11 is 0. The molecule has 1 aromatic heterocycles. The number of halogens is 1. The highest BCUT2D eigenvalue weighted by Gasteiger charge is 2.42. The van der Waals surface area contributed by atoms with Gasteiger partial charge in [-0.2, -0.15) is 0 Å². The minimum atomic E-state index is -0.609. The summed E-state index contributed by atoms with van der Waals surface area (Å²) in [5, 5.41) is 6.16. The zero-order valence-corrected chi connectivity index (χ0v) is 13.9. The maximum atomic E-state index is 14.4. The third-order valence-electron chi connectivity index (χ3n) is 5.32. The summed E-state index contributed by atoms with van der Waals surface area (Å²) in [6.07, 6.45) is 6.08. The van der Waals surface area contributed by atoms with Crippen molar-refractivity contribution < 1.29 is 13.6 Å². The number of nitrogens with one attached hydrogen (secondary N) is 2. The Morgan fingerprint density at radius 2 is 2.24 bits per heavy atom. The summed E-state index contributed by atoms with van der Waals surface area (Å²) in [6, 6.07) is 7.09. The molecule has 0 spiro atoms. The summed E-state index contributed by atoms with van der Waals surface area (Å²) in [5.74, 6) is -0.000229. The average molecular weight is 343 g/mol. The van der Waals surface area contributed by atoms with Crippen LogP contribution in [0.4, 0.5) is 4.39 Å². The van der Waals surface area contributed by atoms with Crippen molar-refractivity contribution in [1.29, 1.82) is 0 Å². The SMILES string of the molecule is NC(Cc1ccc(-c2ccoc2)cc1F)NC(=O)[C@H]1N[C@@H]2CC[C@H]1C2. The summed E-state index contributed by atoms with van der Waals surface area (Å²) in [5.41, 5.74) is 8.09. The minimum absolute atomic E-state index is 0.0740. The molecule has 25 heavy (non-hydrogen) atoms. The molecule has 2 aromatic rings. The predicted octanol–water partition coefficient (Wildman–Crippen LogP) is 2.17. The molecular formula is C19H22FN3O2. The number of hydrogen-bond acceptors (Lipinski definition) is 4. The first kappa shape index (κ1) is 16.3. The molecule has 1 saturated heterocycles. The molecule has 4 atom stereocenters. The van der Waals surface area contributed by atoms with Crippen LogP contribution in [0.1, 0.15) is 24.8 Å². The molecule has 4 rings (SSSR count). The molecule has 1 saturated carbocycles. The van der Waals surface area contributed by atoms with Crippen molar-refractivity contribution in [2.75, 3.05) is 0 Å². The number of carbonyl (C=O) groups excluding carboxylic acids is 1. The molecule has 2 fully saturated rings. The third-order valence-corrected chi connectivity index (χ3v) is 5.32. The minimum Gasteiger partial charge on any atom is -0.472 e. The fraction of sp³-hybridized carbons (Fsp3) is 0.421. The second kappa shape index (κ2) is 6.61. The summed E-state index contributed by atoms with van der Waals surface area (Å²) < 4.78 is 19.4. The van der Waals surface area contributed by atoms with Crippen LogP contribution in [0.5, 0.6) is 0 Å². The summed E-state index contributed by atoms with van der Waals surface area (Å²) in [7, 11) is 0. The van der Waals surface area contributed by atoms with Crippen molar-refractivity contribution in [3.8, 4) is 11.1 Å². The summed E-state index contributed by atoms with van der Waals surface area (Å²) in [4.78, 5) is 12.4. The topological polar surface area (TPSA) is 80.3 Å². The van der Waals surface area contributed by atoms with E-state index >= 15 is 0 Å². The molecule has 0 radical (unpaired) electrons. The molecule has 1 amide bonds. The van der Waals surface area contributed by atoms with Crippen molar-refractivity contribution in [3.63, 3.8) is 0 Å². The number of rotatable bonds is 5. The van der Waals surface area contributed by atoms with Gasteiger partial charge in [0.25, 0.3) is 0 Å². The number of piperidine rings is 1. The second-order valence-corrected chi connectivity index (χ2v) is 7.05. The van der Waals surface area contributed by atoms with Gasteiger partial charge in [0.1, 0.15) is 5.82 Å². The van der Waals surface area contributed by atoms with Gasteiger partial charge in [-0.15, -0.1) is 0 Å². The lowest BCUT2D eigenvalue weighted by Crippen LogP contribution is -2.53. The lowest BCUT2D eigenvalue weighted by atomic mass is 9.99. The standard InChI is InChI=1S/C19H22FN3O2/c20-16-8-11(14-5-6-25-10-14)1-2-12(16)9-17(21)23-19(24)18-13-3-4-15(7-13)22-18/h1-2,5-6,8,10,13,15,17-18,22H,3-4,7,9,21H2,(H,23,24)/t13-,15+,17?,18-/m0/s1. The Kier molecular flexibility index (Phi) is 4.31. The van der Waals surface area contributed by atoms with Gasteiger partial charge in [-0.05, 0) is 48.4 Å². The lowest BCUT2D eigenvalue weighted by Gasteiger charge is -2.24. The van der Waals surface area contributed by atoms with Gasteiger partial charge in [-0.1, -0.05) is 12.1 Å². The normalized spacial score (nSPS) is 25.9. The first-order chi connectivity index (χ1) is 12.1. The van der Waals surface area contributed by atoms with Crippen LogP contribution in [0.3, 0.4) is 0 Å². The van der Waals surface area contributed by atoms with Crippen LogP contribution in [-0.4, -0.2) is 24.2 Å². The maximum Gasteiger partial charge on any atom is 0.238 e. The van der Waals surface area contributed by atoms with Gasteiger partial charge in [-0.25, -0.2) is 4.39 Å². The third kappa shape index (κ3) is 3.32. The zero-order valence-electron chi connectivity index (χ0n) is 13.9. The van der Waals surface area contributed by atoms with E-state index in [4.69, 9.17) is 10.2 Å². The Morgan fingerprint density at radius 3 is 2.88 bits per heavy atom. The number of furan rings is 1. The largest absolute Gasteiger partial charge is 0.472 e. The van der Waals surface area contributed by atoms with E-state index in [-0.39, 0.29) is 24.2 Å². The molecular weight excluding hydrogens is 321 g/mol. The Hall–Kier alpha value is -2.18. The fourth-order valence-corrected chi connectivity index (χ4v) is 4.03. The Balaban J connectivity index is 1.37. The number of amides is 1. The highest BCUT2D eigenvalue weighted by molar-refractivity contribution is 5.83. The highest BCUT2D eigenvalue weighted by Crippen LogP contribution is 2.35. The van der Waals surface area contributed by atoms with Gasteiger partial charge in [0.05, 0.1) is 24.7 Å². The van der Waals surface area contributed by atoms with Gasteiger partial charge in [0, 0.05) is 18.0 Å². The molecule has 1 aliphatic heterocycles. The first-order valence-electron chi connectivity index (χ1n) is 8.73. The molecule has 1 aliphatic carbocycles. The van der Waals surface area contributed by atoms with E-state index in [1.165, 1.54) is 6.07 Å². The Labute approximate surface area is 145 Å². The zero-order chi connectivity index (χ0) is 17.4. The maximum absolute atomic E-state index is 14.4. The number of benzene rings is 1. The molecule has 6 heteroatoms. The van der Waals surface area contributed by atoms with E-state index in [0.29, 0.717) is 17.5 Å². The van der Waals surface area contributed by atoms with E-state index in [1.807, 2.05) is 6.07 Å². The van der Waals surface area contributed by atoms with E-state index in [0.717, 1.165) is 30.4 Å². The second-order valence-electron chi connectivity index (χ2n) is 7.05. The van der Waals surface area contributed by atoms with Crippen LogP contribution in [0, 0.1) is 11.7 Å². The predicted molar refractivity (Wildman–Crippen MR) is 92.0 cm³/mol. The molecule has 2 heterocycles. The highest BCUT2D eigenvalue weighted by atomic mass is 19.1. The summed E-state index contributed by atoms with van der Waals surface area (Å²) in [6.45, 7) is 0. The van der Waals surface area contributed by atoms with Gasteiger partial charge in [0.2, 0.25) is 5.91 Å². The first-order valence-corrected chi connectivity index (χ1v) is 8.73. The fourth-order valence-electron chi connectivity index (χ4n) is 4.03. The van der Waals surface area contributed by atoms with E-state index in [1.54, 1.807) is 24.7 Å². The average Bonchev–Trinajstić information content (AvgIpc) is 3.34. The smallest absolute Gasteiger partial charge is 0.238 e. The van der Waals surface area contributed by atoms with Crippen molar-refractivity contribution >= 4 is 5.91 Å². The van der Waals surface area contributed by atoms with Gasteiger partial charge in [0.15, 0.2) is 0 Å². The molecule has 5 nitrogen and oxygen atoms in total. The van der Waals surface area contributed by atoms with Crippen molar-refractivity contribution in [3.05, 3.63) is 48.2 Å². The lowest BCUT2D eigenvalue weighted by molar-refractivity contribution is -0.124. The molecule has 1 aromatic carbocycles.